The van der Waals surface area contributed by atoms with Crippen molar-refractivity contribution < 1.29 is 30.8 Å². The Kier molecular flexibility index (Phi) is 51.0. The zero-order valence-electron chi connectivity index (χ0n) is 7.75. The summed E-state index contributed by atoms with van der Waals surface area (Å²) in [5, 5.41) is 18.5. The van der Waals surface area contributed by atoms with Crippen LogP contribution in [0.5, 0.6) is 0 Å². The summed E-state index contributed by atoms with van der Waals surface area (Å²) in [7, 11) is 0. The van der Waals surface area contributed by atoms with Crippen LogP contribution < -0.4 is 10.2 Å². The maximum absolute atomic E-state index is 9.26. The van der Waals surface area contributed by atoms with E-state index in [2.05, 4.69) is 0 Å². The van der Waals surface area contributed by atoms with Gasteiger partial charge in [-0.05, 0) is 12.8 Å². The first kappa shape index (κ1) is 29.3. The summed E-state index contributed by atoms with van der Waals surface area (Å²) in [6.45, 7) is 3.07. The average molecular weight is 206 g/mol. The molecule has 0 spiro atoms. The van der Waals surface area contributed by atoms with Gasteiger partial charge in [0.05, 0.1) is 0 Å². The molecule has 0 aliphatic carbocycles. The van der Waals surface area contributed by atoms with Crippen molar-refractivity contribution in [1.29, 1.82) is 0 Å². The molecule has 0 rings (SSSR count). The van der Waals surface area contributed by atoms with Gasteiger partial charge in [-0.15, -0.1) is 0 Å². The molecule has 0 saturated heterocycles. The van der Waals surface area contributed by atoms with Crippen LogP contribution in [0.25, 0.3) is 0 Å². The summed E-state index contributed by atoms with van der Waals surface area (Å²) in [4.78, 5) is 18.5. The van der Waals surface area contributed by atoms with E-state index in [4.69, 9.17) is 0 Å². The molecule has 0 aromatic rings. The predicted octanol–water partition coefficient (Wildman–Crippen LogP) is -3.74. The summed E-state index contributed by atoms with van der Waals surface area (Å²) >= 11 is 0. The molecular weight excluding hydrogens is 192 g/mol. The van der Waals surface area contributed by atoms with Gasteiger partial charge in [-0.25, -0.2) is 0 Å². The summed E-state index contributed by atoms with van der Waals surface area (Å²) in [5.74, 6) is -1.99. The Morgan fingerprint density at radius 1 is 0.923 bits per heavy atom. The van der Waals surface area contributed by atoms with Crippen LogP contribution in [0.4, 0.5) is 0 Å². The van der Waals surface area contributed by atoms with Crippen molar-refractivity contribution in [1.82, 2.24) is 0 Å². The zero-order chi connectivity index (χ0) is 8.57. The van der Waals surface area contributed by atoms with E-state index in [0.717, 1.165) is 0 Å². The fourth-order valence-electron chi connectivity index (χ4n) is 0. The molecule has 13 heavy (non-hydrogen) atoms. The average Bonchev–Trinajstić information content (AvgIpc) is 1.89. The quantitative estimate of drug-likeness (QED) is 0.428. The Morgan fingerprint density at radius 3 is 1.00 bits per heavy atom. The van der Waals surface area contributed by atoms with Gasteiger partial charge >= 0.3 is 23.1 Å². The van der Waals surface area contributed by atoms with Crippen molar-refractivity contribution in [2.24, 2.45) is 0 Å². The van der Waals surface area contributed by atoms with Crippen LogP contribution in [0.3, 0.4) is 0 Å². The third-order valence-corrected chi connectivity index (χ3v) is 0.577. The Balaban J connectivity index is -0.0000000267. The van der Waals surface area contributed by atoms with E-state index in [-0.39, 0.29) is 46.8 Å². The fourth-order valence-corrected chi connectivity index (χ4v) is 0. The summed E-state index contributed by atoms with van der Waals surface area (Å²) in [6.07, 6.45) is 0.222. The molecule has 0 radical (unpaired) electrons. The summed E-state index contributed by atoms with van der Waals surface area (Å²) in [6, 6.07) is 0. The Hall–Kier alpha value is -0.374. The third kappa shape index (κ3) is 81.9. The van der Waals surface area contributed by atoms with Crippen molar-refractivity contribution in [3.8, 4) is 0 Å². The number of hydrogen-bond acceptors (Lipinski definition) is 4. The number of carbonyl (C=O) groups excluding carboxylic acids is 2. The first-order chi connectivity index (χ1) is 4.54. The van der Waals surface area contributed by atoms with Gasteiger partial charge in [0.25, 0.3) is 0 Å². The molecule has 0 aliphatic rings. The van der Waals surface area contributed by atoms with Crippen molar-refractivity contribution in [3.05, 3.63) is 0 Å². The van der Waals surface area contributed by atoms with Crippen LogP contribution in [0.15, 0.2) is 0 Å². The number of carboxylic acids is 2. The molecule has 0 heterocycles. The standard InChI is InChI=1S/2C3H6O2.Mg.2H2O/c2*1-2-3(4)5;;;/h2*2H2,1H3,(H,4,5);;2*1H2/q;;+2;;/p-2. The Morgan fingerprint density at radius 2 is 1.00 bits per heavy atom. The van der Waals surface area contributed by atoms with E-state index in [1.807, 2.05) is 0 Å². The molecule has 4 N–H and O–H groups in total. The molecule has 6 nitrogen and oxygen atoms in total. The van der Waals surface area contributed by atoms with Crippen molar-refractivity contribution in [2.75, 3.05) is 0 Å². The molecular formula is C6H14MgO6. The summed E-state index contributed by atoms with van der Waals surface area (Å²) in [5.41, 5.74) is 0. The van der Waals surface area contributed by atoms with Crippen LogP contribution in [0.2, 0.25) is 0 Å². The Bertz CT molecular complexity index is 102. The minimum absolute atomic E-state index is 0. The monoisotopic (exact) mass is 206 g/mol. The van der Waals surface area contributed by atoms with E-state index in [9.17, 15) is 19.8 Å². The van der Waals surface area contributed by atoms with Gasteiger partial charge in [0.1, 0.15) is 0 Å². The zero-order valence-corrected chi connectivity index (χ0v) is 9.17. The van der Waals surface area contributed by atoms with Gasteiger partial charge in [0.15, 0.2) is 0 Å². The van der Waals surface area contributed by atoms with Crippen LogP contribution in [-0.4, -0.2) is 45.9 Å². The summed E-state index contributed by atoms with van der Waals surface area (Å²) < 4.78 is 0. The first-order valence-corrected chi connectivity index (χ1v) is 2.94. The second-order valence-corrected chi connectivity index (χ2v) is 1.45. The topological polar surface area (TPSA) is 143 Å². The molecule has 0 amide bonds. The molecule has 0 bridgehead atoms. The smallest absolute Gasteiger partial charge is 0.550 e. The van der Waals surface area contributed by atoms with Crippen molar-refractivity contribution in [2.45, 2.75) is 26.7 Å². The molecule has 76 valence electrons. The van der Waals surface area contributed by atoms with E-state index >= 15 is 0 Å². The second-order valence-electron chi connectivity index (χ2n) is 1.45. The largest absolute Gasteiger partial charge is 2.00 e. The molecule has 0 atom stereocenters. The van der Waals surface area contributed by atoms with Crippen LogP contribution in [0.1, 0.15) is 26.7 Å². The van der Waals surface area contributed by atoms with E-state index in [1.165, 1.54) is 13.8 Å². The molecule has 0 aromatic carbocycles. The van der Waals surface area contributed by atoms with Gasteiger partial charge in [-0.2, -0.15) is 0 Å². The van der Waals surface area contributed by atoms with Gasteiger partial charge < -0.3 is 30.8 Å². The van der Waals surface area contributed by atoms with Crippen LogP contribution in [0, 0.1) is 0 Å². The van der Waals surface area contributed by atoms with E-state index in [0.29, 0.717) is 0 Å². The van der Waals surface area contributed by atoms with Gasteiger partial charge in [0, 0.05) is 11.9 Å². The van der Waals surface area contributed by atoms with Crippen molar-refractivity contribution >= 4 is 35.0 Å². The minimum atomic E-state index is -0.995. The van der Waals surface area contributed by atoms with Crippen LogP contribution in [-0.2, 0) is 9.59 Å². The Labute approximate surface area is 92.7 Å². The molecule has 0 aromatic heterocycles. The van der Waals surface area contributed by atoms with Crippen LogP contribution >= 0.6 is 0 Å². The molecule has 0 unspecified atom stereocenters. The molecule has 0 saturated carbocycles. The second kappa shape index (κ2) is 22.6. The number of aliphatic carboxylic acids is 2. The number of carbonyl (C=O) groups is 2. The first-order valence-electron chi connectivity index (χ1n) is 2.94. The van der Waals surface area contributed by atoms with Gasteiger partial charge in [-0.3, -0.25) is 0 Å². The predicted molar refractivity (Wildman–Crippen MR) is 43.6 cm³/mol. The fraction of sp³-hybridized carbons (Fsp3) is 0.667. The third-order valence-electron chi connectivity index (χ3n) is 0.577. The van der Waals surface area contributed by atoms with Gasteiger partial charge in [-0.1, -0.05) is 13.8 Å². The van der Waals surface area contributed by atoms with E-state index in [1.54, 1.807) is 0 Å². The maximum Gasteiger partial charge on any atom is 2.00 e. The number of carboxylic acid groups (broad SMARTS) is 2. The van der Waals surface area contributed by atoms with Crippen molar-refractivity contribution in [3.63, 3.8) is 0 Å². The molecule has 0 fully saturated rings. The maximum atomic E-state index is 9.26. The van der Waals surface area contributed by atoms with E-state index < -0.39 is 11.9 Å². The minimum Gasteiger partial charge on any atom is -0.550 e. The normalized spacial score (nSPS) is 5.69. The molecule has 0 aliphatic heterocycles. The molecule has 7 heteroatoms. The van der Waals surface area contributed by atoms with Gasteiger partial charge in [0.2, 0.25) is 0 Å². The number of rotatable bonds is 2. The SMILES string of the molecule is CCC(=O)[O-].CCC(=O)[O-].O.O.[Mg+2]. The number of hydrogen-bond donors (Lipinski definition) is 0.